The predicted molar refractivity (Wildman–Crippen MR) is 290 cm³/mol. The zero-order chi connectivity index (χ0) is 56.5. The number of guanidine groups is 2. The molecule has 0 bridgehead atoms. The van der Waals surface area contributed by atoms with Crippen molar-refractivity contribution < 1.29 is 55.3 Å². The number of carboxylic acid groups (broad SMARTS) is 1. The Bertz CT molecular complexity index is 3290. The van der Waals surface area contributed by atoms with Crippen LogP contribution in [0.3, 0.4) is 0 Å². The molecular weight excluding hydrogens is 1030 g/mol. The van der Waals surface area contributed by atoms with Crippen molar-refractivity contribution in [3.63, 3.8) is 0 Å². The van der Waals surface area contributed by atoms with Crippen LogP contribution in [0.25, 0.3) is 11.1 Å². The molecule has 414 valence electrons. The van der Waals surface area contributed by atoms with Gasteiger partial charge in [-0.2, -0.15) is 0 Å². The van der Waals surface area contributed by atoms with Crippen molar-refractivity contribution in [3.8, 4) is 22.6 Å². The molecule has 0 saturated carbocycles. The van der Waals surface area contributed by atoms with Crippen molar-refractivity contribution in [3.05, 3.63) is 104 Å². The van der Waals surface area contributed by atoms with E-state index in [1.54, 1.807) is 41.5 Å². The quantitative estimate of drug-likeness (QED) is 0.0342. The number of fused-ring (bicyclic) bond motifs is 5. The van der Waals surface area contributed by atoms with E-state index in [2.05, 4.69) is 35.4 Å². The molecule has 0 spiro atoms. The van der Waals surface area contributed by atoms with Crippen LogP contribution in [0, 0.1) is 41.5 Å². The van der Waals surface area contributed by atoms with E-state index in [-0.39, 0.29) is 61.1 Å². The first kappa shape index (κ1) is 57.3. The van der Waals surface area contributed by atoms with Crippen molar-refractivity contribution >= 4 is 56.0 Å². The highest BCUT2D eigenvalue weighted by molar-refractivity contribution is 7.90. The van der Waals surface area contributed by atoms with E-state index in [9.17, 15) is 41.1 Å². The minimum atomic E-state index is -4.23. The number of carbonyl (C=O) groups is 4. The van der Waals surface area contributed by atoms with Crippen LogP contribution in [0.4, 0.5) is 9.59 Å². The summed E-state index contributed by atoms with van der Waals surface area (Å²) in [4.78, 5) is 61.2. The maximum atomic E-state index is 13.8. The Morgan fingerprint density at radius 2 is 1.09 bits per heavy atom. The van der Waals surface area contributed by atoms with Gasteiger partial charge in [-0.05, 0) is 151 Å². The third-order valence-corrected chi connectivity index (χ3v) is 17.5. The Kier molecular flexibility index (Phi) is 16.6. The summed E-state index contributed by atoms with van der Waals surface area (Å²) in [5.74, 6) is -2.29. The number of nitrogens with zero attached hydrogens (tertiary/aromatic N) is 2. The number of carbonyl (C=O) groups excluding carboxylic acids is 3. The molecule has 0 radical (unpaired) electrons. The number of imide groups is 1. The number of carboxylic acids is 1. The Labute approximate surface area is 449 Å². The molecule has 0 unspecified atom stereocenters. The highest BCUT2D eigenvalue weighted by atomic mass is 32.2. The second kappa shape index (κ2) is 22.3. The van der Waals surface area contributed by atoms with Crippen LogP contribution in [0.2, 0.25) is 0 Å². The van der Waals surface area contributed by atoms with Gasteiger partial charge < -0.3 is 41.4 Å². The Balaban J connectivity index is 0.979. The zero-order valence-corrected chi connectivity index (χ0v) is 46.7. The standard InChI is InChI=1S/C54H69N9O12S2/c1-28-30(3)45(32(5)38-25-53(7,8)74-43(28)38)76(69,70)62-49(55)57-23-15-21-41(60-52(68)73-27-40-36-19-13-11-17-34(36)35-18-12-14-20-37(35)40)47(64)61-51(67)59-42(48(65)66)22-16-24-58-50(56)63-77(71,72)46-31(4)29(2)44-39(33(46)6)26-54(9,10)75-44/h11-14,17-20,40-42H,15-16,21-27H2,1-10H3,(H,60,68)(H,65,66)(H3,55,57,62)(H3,56,58,63)(H2,59,61,64,67)/t41-,42-/m0/s1. The number of aliphatic imine (C=N–C) groups is 2. The van der Waals surface area contributed by atoms with Gasteiger partial charge in [-0.15, -0.1) is 0 Å². The molecule has 0 saturated heterocycles. The van der Waals surface area contributed by atoms with Gasteiger partial charge in [-0.25, -0.2) is 40.7 Å². The monoisotopic (exact) mass is 1100 g/mol. The minimum Gasteiger partial charge on any atom is -0.487 e. The summed E-state index contributed by atoms with van der Waals surface area (Å²) in [6.07, 6.45) is -0.277. The summed E-state index contributed by atoms with van der Waals surface area (Å²) in [5, 5.41) is 16.9. The van der Waals surface area contributed by atoms with Gasteiger partial charge in [-0.1, -0.05) is 48.5 Å². The summed E-state index contributed by atoms with van der Waals surface area (Å²) in [6, 6.07) is 11.3. The lowest BCUT2D eigenvalue weighted by Gasteiger charge is -2.20. The summed E-state index contributed by atoms with van der Waals surface area (Å²) >= 11 is 0. The summed E-state index contributed by atoms with van der Waals surface area (Å²) in [7, 11) is -8.43. The van der Waals surface area contributed by atoms with Gasteiger partial charge in [0.1, 0.15) is 41.4 Å². The maximum Gasteiger partial charge on any atom is 0.407 e. The second-order valence-corrected chi connectivity index (χ2v) is 24.2. The number of nitrogens with two attached hydrogens (primary N) is 2. The third kappa shape index (κ3) is 12.6. The van der Waals surface area contributed by atoms with Crippen LogP contribution < -0.4 is 46.3 Å². The Hall–Kier alpha value is -7.40. The van der Waals surface area contributed by atoms with Crippen LogP contribution in [0.5, 0.6) is 11.5 Å². The molecule has 4 aromatic carbocycles. The van der Waals surface area contributed by atoms with Crippen molar-refractivity contribution in [2.24, 2.45) is 21.5 Å². The molecule has 3 aliphatic rings. The van der Waals surface area contributed by atoms with E-state index < -0.39 is 79.3 Å². The largest absolute Gasteiger partial charge is 0.487 e. The van der Waals surface area contributed by atoms with Crippen LogP contribution in [0.1, 0.15) is 115 Å². The number of hydrogen-bond acceptors (Lipinski definition) is 13. The van der Waals surface area contributed by atoms with E-state index >= 15 is 0 Å². The lowest BCUT2D eigenvalue weighted by atomic mass is 9.94. The lowest BCUT2D eigenvalue weighted by molar-refractivity contribution is -0.139. The number of alkyl carbamates (subject to hydrolysis) is 1. The molecule has 4 amide bonds. The molecule has 77 heavy (non-hydrogen) atoms. The number of rotatable bonds is 18. The van der Waals surface area contributed by atoms with Crippen LogP contribution in [0.15, 0.2) is 68.3 Å². The summed E-state index contributed by atoms with van der Waals surface area (Å²) < 4.78 is 77.4. The van der Waals surface area contributed by atoms with E-state index in [1.165, 1.54) is 0 Å². The van der Waals surface area contributed by atoms with E-state index in [0.29, 0.717) is 57.7 Å². The molecule has 21 nitrogen and oxygen atoms in total. The van der Waals surface area contributed by atoms with E-state index in [1.807, 2.05) is 76.2 Å². The van der Waals surface area contributed by atoms with Gasteiger partial charge in [-0.3, -0.25) is 20.1 Å². The van der Waals surface area contributed by atoms with Gasteiger partial charge in [0, 0.05) is 43.0 Å². The van der Waals surface area contributed by atoms with E-state index in [4.69, 9.17) is 25.7 Å². The van der Waals surface area contributed by atoms with Crippen LogP contribution in [-0.4, -0.2) is 101 Å². The summed E-state index contributed by atoms with van der Waals surface area (Å²) in [6.45, 7) is 17.7. The molecule has 10 N–H and O–H groups in total. The minimum absolute atomic E-state index is 0.0152. The van der Waals surface area contributed by atoms with Gasteiger partial charge >= 0.3 is 18.1 Å². The van der Waals surface area contributed by atoms with Gasteiger partial charge in [0.15, 0.2) is 0 Å². The third-order valence-electron chi connectivity index (χ3n) is 14.3. The number of amides is 4. The molecule has 0 fully saturated rings. The van der Waals surface area contributed by atoms with Crippen LogP contribution >= 0.6 is 0 Å². The average molecular weight is 1100 g/mol. The number of hydrogen-bond donors (Lipinski definition) is 8. The van der Waals surface area contributed by atoms with E-state index in [0.717, 1.165) is 33.4 Å². The van der Waals surface area contributed by atoms with Crippen LogP contribution in [-0.2, 0) is 47.2 Å². The molecule has 2 atom stereocenters. The Morgan fingerprint density at radius 1 is 0.662 bits per heavy atom. The second-order valence-electron chi connectivity index (χ2n) is 21.0. The first-order valence-corrected chi connectivity index (χ1v) is 28.2. The average Bonchev–Trinajstić information content (AvgIpc) is 3.99. The molecule has 2 heterocycles. The van der Waals surface area contributed by atoms with Crippen molar-refractivity contribution in [1.29, 1.82) is 0 Å². The number of benzene rings is 4. The fourth-order valence-corrected chi connectivity index (χ4v) is 13.5. The van der Waals surface area contributed by atoms with Gasteiger partial charge in [0.2, 0.25) is 11.9 Å². The normalized spacial score (nSPS) is 16.1. The number of sulfonamides is 2. The van der Waals surface area contributed by atoms with Crippen molar-refractivity contribution in [1.82, 2.24) is 25.4 Å². The zero-order valence-electron chi connectivity index (χ0n) is 45.0. The molecule has 2 aliphatic heterocycles. The number of aliphatic carboxylic acids is 1. The number of ether oxygens (including phenoxy) is 3. The highest BCUT2D eigenvalue weighted by Crippen LogP contribution is 2.46. The smallest absolute Gasteiger partial charge is 0.407 e. The molecule has 0 aromatic heterocycles. The first-order chi connectivity index (χ1) is 36.0. The van der Waals surface area contributed by atoms with Crippen molar-refractivity contribution in [2.45, 2.75) is 147 Å². The molecule has 4 aromatic rings. The SMILES string of the molecule is Cc1c(C)c(S(=O)(=O)NC(N)=NCCC[C@H](NC(=O)NC(=O)[C@H](CCCN=C(N)NS(=O)(=O)c2c(C)c(C)c3c(c2C)CC(C)(C)O3)NC(=O)OCC2c3ccccc3-c3ccccc32)C(=O)O)c(C)c2c1OC(C)(C)C2. The Morgan fingerprint density at radius 3 is 1.53 bits per heavy atom. The number of urea groups is 1. The maximum absolute atomic E-state index is 13.8. The highest BCUT2D eigenvalue weighted by Gasteiger charge is 2.39. The fraction of sp³-hybridized carbons (Fsp3) is 0.444. The fourth-order valence-electron chi connectivity index (χ4n) is 10.4. The molecule has 23 heteroatoms. The van der Waals surface area contributed by atoms with Crippen molar-refractivity contribution in [2.75, 3.05) is 19.7 Å². The number of nitrogens with one attached hydrogen (secondary N) is 5. The molecule has 7 rings (SSSR count). The summed E-state index contributed by atoms with van der Waals surface area (Å²) in [5.41, 5.74) is 20.0. The topological polar surface area (TPSA) is 321 Å². The molecule has 1 aliphatic carbocycles. The first-order valence-electron chi connectivity index (χ1n) is 25.3. The molecular formula is C54H69N9O12S2. The van der Waals surface area contributed by atoms with Gasteiger partial charge in [0.25, 0.3) is 26.0 Å². The lowest BCUT2D eigenvalue weighted by Crippen LogP contribution is -2.53. The predicted octanol–water partition coefficient (Wildman–Crippen LogP) is 5.60. The van der Waals surface area contributed by atoms with Gasteiger partial charge in [0.05, 0.1) is 9.79 Å².